The van der Waals surface area contributed by atoms with Gasteiger partial charge in [-0.1, -0.05) is 36.4 Å². The van der Waals surface area contributed by atoms with Gasteiger partial charge in [0, 0.05) is 31.2 Å². The minimum atomic E-state index is -0.156. The van der Waals surface area contributed by atoms with Crippen LogP contribution in [0.15, 0.2) is 57.9 Å². The van der Waals surface area contributed by atoms with E-state index >= 15 is 0 Å². The van der Waals surface area contributed by atoms with Crippen LogP contribution in [0.3, 0.4) is 0 Å². The highest BCUT2D eigenvalue weighted by Gasteiger charge is 2.06. The van der Waals surface area contributed by atoms with E-state index in [1.807, 2.05) is 18.2 Å². The van der Waals surface area contributed by atoms with Crippen molar-refractivity contribution in [3.05, 3.63) is 63.5 Å². The third kappa shape index (κ3) is 3.37. The molecule has 0 radical (unpaired) electrons. The molecular weight excluding hydrogens is 356 g/mol. The molecule has 0 unspecified atom stereocenters. The lowest BCUT2D eigenvalue weighted by atomic mass is 10.1. The van der Waals surface area contributed by atoms with E-state index in [9.17, 15) is 4.79 Å². The van der Waals surface area contributed by atoms with Gasteiger partial charge in [-0.05, 0) is 27.4 Å². The summed E-state index contributed by atoms with van der Waals surface area (Å²) in [4.78, 5) is 11.8. The highest BCUT2D eigenvalue weighted by atomic mass is 79.9. The molecule has 0 aliphatic carbocycles. The summed E-state index contributed by atoms with van der Waals surface area (Å²) >= 11 is 3.30. The number of anilines is 2. The maximum absolute atomic E-state index is 11.8. The first-order valence-corrected chi connectivity index (χ1v) is 8.13. The van der Waals surface area contributed by atoms with Crippen LogP contribution in [0.5, 0.6) is 0 Å². The number of rotatable bonds is 5. The Bertz CT molecular complexity index is 886. The van der Waals surface area contributed by atoms with E-state index in [2.05, 4.69) is 55.9 Å². The largest absolute Gasteiger partial charge is 0.383 e. The van der Waals surface area contributed by atoms with Gasteiger partial charge in [0.2, 0.25) is 0 Å². The fourth-order valence-corrected chi connectivity index (χ4v) is 2.91. The van der Waals surface area contributed by atoms with Gasteiger partial charge >= 0.3 is 0 Å². The van der Waals surface area contributed by atoms with Crippen molar-refractivity contribution in [3.63, 3.8) is 0 Å². The van der Waals surface area contributed by atoms with Gasteiger partial charge in [-0.2, -0.15) is 5.10 Å². The standard InChI is InChI=1S/C17H17BrN4O/c1-22-17(23)16(18)15(11-21-22)20-10-9-19-14-8-4-6-12-5-2-3-7-13(12)14/h2-8,11,19-20H,9-10H2,1H3. The molecule has 0 aliphatic rings. The van der Waals surface area contributed by atoms with E-state index < -0.39 is 0 Å². The summed E-state index contributed by atoms with van der Waals surface area (Å²) < 4.78 is 1.80. The molecule has 0 aliphatic heterocycles. The molecule has 0 amide bonds. The van der Waals surface area contributed by atoms with Crippen molar-refractivity contribution in [1.29, 1.82) is 0 Å². The molecular formula is C17H17BrN4O. The van der Waals surface area contributed by atoms with Crippen molar-refractivity contribution in [2.75, 3.05) is 23.7 Å². The third-order valence-corrected chi connectivity index (χ3v) is 4.39. The molecule has 1 heterocycles. The number of aryl methyl sites for hydroxylation is 1. The molecule has 5 nitrogen and oxygen atoms in total. The first-order valence-electron chi connectivity index (χ1n) is 7.34. The van der Waals surface area contributed by atoms with Crippen LogP contribution >= 0.6 is 15.9 Å². The van der Waals surface area contributed by atoms with Crippen molar-refractivity contribution in [2.45, 2.75) is 0 Å². The zero-order valence-electron chi connectivity index (χ0n) is 12.7. The second-order valence-corrected chi connectivity index (χ2v) is 5.97. The zero-order valence-corrected chi connectivity index (χ0v) is 14.3. The van der Waals surface area contributed by atoms with Gasteiger partial charge in [0.05, 0.1) is 11.9 Å². The lowest BCUT2D eigenvalue weighted by Gasteiger charge is -2.12. The van der Waals surface area contributed by atoms with Gasteiger partial charge in [-0.15, -0.1) is 0 Å². The molecule has 0 saturated carbocycles. The van der Waals surface area contributed by atoms with Crippen LogP contribution in [-0.4, -0.2) is 22.9 Å². The molecule has 0 bridgehead atoms. The number of hydrogen-bond acceptors (Lipinski definition) is 4. The van der Waals surface area contributed by atoms with Crippen molar-refractivity contribution in [3.8, 4) is 0 Å². The summed E-state index contributed by atoms with van der Waals surface area (Å²) in [7, 11) is 1.62. The second-order valence-electron chi connectivity index (χ2n) is 5.18. The van der Waals surface area contributed by atoms with Crippen molar-refractivity contribution < 1.29 is 0 Å². The summed E-state index contributed by atoms with van der Waals surface area (Å²) in [5, 5.41) is 13.1. The number of fused-ring (bicyclic) bond motifs is 1. The highest BCUT2D eigenvalue weighted by molar-refractivity contribution is 9.10. The molecule has 1 aromatic heterocycles. The molecule has 2 aromatic carbocycles. The molecule has 0 fully saturated rings. The van der Waals surface area contributed by atoms with E-state index in [0.29, 0.717) is 16.7 Å². The summed E-state index contributed by atoms with van der Waals surface area (Å²) in [6.07, 6.45) is 1.64. The van der Waals surface area contributed by atoms with Crippen LogP contribution in [-0.2, 0) is 7.05 Å². The molecule has 3 rings (SSSR count). The van der Waals surface area contributed by atoms with Gasteiger partial charge in [0.25, 0.3) is 5.56 Å². The number of aromatic nitrogens is 2. The van der Waals surface area contributed by atoms with E-state index in [0.717, 1.165) is 12.2 Å². The van der Waals surface area contributed by atoms with Gasteiger partial charge < -0.3 is 10.6 Å². The molecule has 0 spiro atoms. The average molecular weight is 373 g/mol. The first-order chi connectivity index (χ1) is 11.2. The summed E-state index contributed by atoms with van der Waals surface area (Å²) in [6, 6.07) is 14.5. The SMILES string of the molecule is Cn1ncc(NCCNc2cccc3ccccc23)c(Br)c1=O. The van der Waals surface area contributed by atoms with E-state index in [1.54, 1.807) is 13.2 Å². The number of hydrogen-bond donors (Lipinski definition) is 2. The minimum absolute atomic E-state index is 0.156. The highest BCUT2D eigenvalue weighted by Crippen LogP contribution is 2.22. The maximum Gasteiger partial charge on any atom is 0.282 e. The van der Waals surface area contributed by atoms with Crippen LogP contribution in [0, 0.1) is 0 Å². The summed E-state index contributed by atoms with van der Waals surface area (Å²) in [5.74, 6) is 0. The predicted molar refractivity (Wildman–Crippen MR) is 98.1 cm³/mol. The Kier molecular flexibility index (Phi) is 4.62. The van der Waals surface area contributed by atoms with Crippen molar-refractivity contribution >= 4 is 38.1 Å². The molecule has 0 saturated heterocycles. The number of halogens is 1. The van der Waals surface area contributed by atoms with Gasteiger partial charge in [0.15, 0.2) is 0 Å². The third-order valence-electron chi connectivity index (χ3n) is 3.62. The topological polar surface area (TPSA) is 59.0 Å². The van der Waals surface area contributed by atoms with Crippen molar-refractivity contribution in [1.82, 2.24) is 9.78 Å². The van der Waals surface area contributed by atoms with Crippen LogP contribution in [0.2, 0.25) is 0 Å². The quantitative estimate of drug-likeness (QED) is 0.675. The van der Waals surface area contributed by atoms with Crippen LogP contribution in [0.1, 0.15) is 0 Å². The predicted octanol–water partition coefficient (Wildman–Crippen LogP) is 3.22. The Morgan fingerprint density at radius 1 is 1.04 bits per heavy atom. The Hall–Kier alpha value is -2.34. The molecule has 2 N–H and O–H groups in total. The summed E-state index contributed by atoms with van der Waals surface area (Å²) in [6.45, 7) is 1.41. The average Bonchev–Trinajstić information content (AvgIpc) is 2.58. The molecule has 0 atom stereocenters. The van der Waals surface area contributed by atoms with Gasteiger partial charge in [-0.25, -0.2) is 4.68 Å². The Balaban J connectivity index is 1.64. The Morgan fingerprint density at radius 2 is 1.74 bits per heavy atom. The van der Waals surface area contributed by atoms with Crippen LogP contribution in [0.4, 0.5) is 11.4 Å². The maximum atomic E-state index is 11.8. The normalized spacial score (nSPS) is 10.7. The van der Waals surface area contributed by atoms with E-state index in [1.165, 1.54) is 15.5 Å². The van der Waals surface area contributed by atoms with Gasteiger partial charge in [0.1, 0.15) is 4.47 Å². The molecule has 118 valence electrons. The lowest BCUT2D eigenvalue weighted by molar-refractivity contribution is 0.703. The number of nitrogens with zero attached hydrogens (tertiary/aromatic N) is 2. The summed E-state index contributed by atoms with van der Waals surface area (Å²) in [5.41, 5.74) is 1.65. The lowest BCUT2D eigenvalue weighted by Crippen LogP contribution is -2.22. The fourth-order valence-electron chi connectivity index (χ4n) is 2.41. The van der Waals surface area contributed by atoms with Crippen molar-refractivity contribution in [2.24, 2.45) is 7.05 Å². The fraction of sp³-hybridized carbons (Fsp3) is 0.176. The monoisotopic (exact) mass is 372 g/mol. The second kappa shape index (κ2) is 6.83. The zero-order chi connectivity index (χ0) is 16.2. The van der Waals surface area contributed by atoms with E-state index in [-0.39, 0.29) is 5.56 Å². The van der Waals surface area contributed by atoms with Crippen LogP contribution in [0.25, 0.3) is 10.8 Å². The first kappa shape index (κ1) is 15.6. The molecule has 6 heteroatoms. The smallest absolute Gasteiger partial charge is 0.282 e. The molecule has 23 heavy (non-hydrogen) atoms. The van der Waals surface area contributed by atoms with Crippen LogP contribution < -0.4 is 16.2 Å². The Morgan fingerprint density at radius 3 is 2.57 bits per heavy atom. The number of benzene rings is 2. The number of nitrogens with one attached hydrogen (secondary N) is 2. The minimum Gasteiger partial charge on any atom is -0.383 e. The molecule has 3 aromatic rings. The Labute approximate surface area is 142 Å². The van der Waals surface area contributed by atoms with E-state index in [4.69, 9.17) is 0 Å². The van der Waals surface area contributed by atoms with Gasteiger partial charge in [-0.3, -0.25) is 4.79 Å².